The molecular formula is C17H33N3. The SMILES string of the molecule is CC1(C)CCC(N)C(CN2CCN(CC3CC3)CC2)C1. The number of hydrogen-bond acceptors (Lipinski definition) is 3. The smallest absolute Gasteiger partial charge is 0.0110 e. The van der Waals surface area contributed by atoms with Crippen molar-refractivity contribution < 1.29 is 0 Å². The van der Waals surface area contributed by atoms with Crippen LogP contribution in [-0.4, -0.2) is 55.1 Å². The molecule has 3 aliphatic rings. The summed E-state index contributed by atoms with van der Waals surface area (Å²) in [7, 11) is 0. The number of piperazine rings is 1. The molecule has 3 heteroatoms. The van der Waals surface area contributed by atoms with Crippen LogP contribution in [-0.2, 0) is 0 Å². The standard InChI is InChI=1S/C17H33N3/c1-17(2)6-5-16(18)15(11-17)13-20-9-7-19(8-10-20)12-14-3-4-14/h14-16H,3-13,18H2,1-2H3. The Morgan fingerprint density at radius 3 is 2.15 bits per heavy atom. The fourth-order valence-corrected chi connectivity index (χ4v) is 4.11. The first-order valence-electron chi connectivity index (χ1n) is 8.72. The second-order valence-corrected chi connectivity index (χ2v) is 8.38. The second kappa shape index (κ2) is 5.94. The molecule has 0 amide bonds. The average Bonchev–Trinajstić information content (AvgIpc) is 3.20. The summed E-state index contributed by atoms with van der Waals surface area (Å²) >= 11 is 0. The quantitative estimate of drug-likeness (QED) is 0.856. The Labute approximate surface area is 124 Å². The maximum Gasteiger partial charge on any atom is 0.0110 e. The van der Waals surface area contributed by atoms with E-state index < -0.39 is 0 Å². The second-order valence-electron chi connectivity index (χ2n) is 8.38. The van der Waals surface area contributed by atoms with Crippen LogP contribution in [0.1, 0.15) is 46.0 Å². The van der Waals surface area contributed by atoms with Crippen LogP contribution in [0.2, 0.25) is 0 Å². The van der Waals surface area contributed by atoms with Crippen molar-refractivity contribution in [1.82, 2.24) is 9.80 Å². The van der Waals surface area contributed by atoms with Crippen LogP contribution >= 0.6 is 0 Å². The fraction of sp³-hybridized carbons (Fsp3) is 1.00. The molecule has 0 aromatic heterocycles. The van der Waals surface area contributed by atoms with E-state index in [-0.39, 0.29) is 0 Å². The highest BCUT2D eigenvalue weighted by atomic mass is 15.3. The minimum Gasteiger partial charge on any atom is -0.327 e. The summed E-state index contributed by atoms with van der Waals surface area (Å²) in [5.74, 6) is 1.75. The Kier molecular flexibility index (Phi) is 4.40. The predicted molar refractivity (Wildman–Crippen MR) is 84.7 cm³/mol. The highest BCUT2D eigenvalue weighted by Crippen LogP contribution is 2.38. The lowest BCUT2D eigenvalue weighted by molar-refractivity contribution is 0.0771. The lowest BCUT2D eigenvalue weighted by Crippen LogP contribution is -2.51. The van der Waals surface area contributed by atoms with Gasteiger partial charge >= 0.3 is 0 Å². The Balaban J connectivity index is 1.43. The summed E-state index contributed by atoms with van der Waals surface area (Å²) in [6.07, 6.45) is 6.80. The van der Waals surface area contributed by atoms with Crippen molar-refractivity contribution in [2.45, 2.75) is 52.0 Å². The summed E-state index contributed by atoms with van der Waals surface area (Å²) in [5.41, 5.74) is 6.89. The number of rotatable bonds is 4. The van der Waals surface area contributed by atoms with Crippen molar-refractivity contribution in [2.75, 3.05) is 39.3 Å². The van der Waals surface area contributed by atoms with Gasteiger partial charge in [-0.2, -0.15) is 0 Å². The van der Waals surface area contributed by atoms with Crippen molar-refractivity contribution in [2.24, 2.45) is 23.0 Å². The molecule has 116 valence electrons. The van der Waals surface area contributed by atoms with E-state index in [0.717, 1.165) is 5.92 Å². The topological polar surface area (TPSA) is 32.5 Å². The molecule has 3 fully saturated rings. The molecular weight excluding hydrogens is 246 g/mol. The Morgan fingerprint density at radius 2 is 1.55 bits per heavy atom. The van der Waals surface area contributed by atoms with E-state index >= 15 is 0 Å². The van der Waals surface area contributed by atoms with E-state index in [1.165, 1.54) is 71.4 Å². The summed E-state index contributed by atoms with van der Waals surface area (Å²) in [6, 6.07) is 0.438. The molecule has 0 spiro atoms. The van der Waals surface area contributed by atoms with Crippen LogP contribution < -0.4 is 5.73 Å². The van der Waals surface area contributed by atoms with Gasteiger partial charge in [0, 0.05) is 45.3 Å². The van der Waals surface area contributed by atoms with Crippen molar-refractivity contribution in [3.8, 4) is 0 Å². The molecule has 2 unspecified atom stereocenters. The molecule has 0 radical (unpaired) electrons. The molecule has 2 saturated carbocycles. The van der Waals surface area contributed by atoms with E-state index in [1.54, 1.807) is 0 Å². The van der Waals surface area contributed by atoms with Crippen molar-refractivity contribution >= 4 is 0 Å². The van der Waals surface area contributed by atoms with Crippen LogP contribution in [0.25, 0.3) is 0 Å². The van der Waals surface area contributed by atoms with Gasteiger partial charge in [-0.25, -0.2) is 0 Å². The van der Waals surface area contributed by atoms with Gasteiger partial charge in [0.1, 0.15) is 0 Å². The zero-order valence-electron chi connectivity index (χ0n) is 13.5. The summed E-state index contributed by atoms with van der Waals surface area (Å²) in [4.78, 5) is 5.36. The first-order valence-corrected chi connectivity index (χ1v) is 8.72. The van der Waals surface area contributed by atoms with Crippen molar-refractivity contribution in [3.63, 3.8) is 0 Å². The molecule has 0 bridgehead atoms. The highest BCUT2D eigenvalue weighted by Gasteiger charge is 2.34. The van der Waals surface area contributed by atoms with E-state index in [2.05, 4.69) is 23.6 Å². The van der Waals surface area contributed by atoms with Crippen LogP contribution in [0, 0.1) is 17.3 Å². The highest BCUT2D eigenvalue weighted by molar-refractivity contribution is 4.89. The van der Waals surface area contributed by atoms with Gasteiger partial charge in [-0.15, -0.1) is 0 Å². The molecule has 1 aliphatic heterocycles. The van der Waals surface area contributed by atoms with E-state index in [1.807, 2.05) is 0 Å². The van der Waals surface area contributed by atoms with Gasteiger partial charge in [-0.05, 0) is 49.4 Å². The minimum absolute atomic E-state index is 0.438. The molecule has 1 heterocycles. The molecule has 0 aromatic carbocycles. The van der Waals surface area contributed by atoms with Crippen LogP contribution in [0.4, 0.5) is 0 Å². The summed E-state index contributed by atoms with van der Waals surface area (Å²) in [5, 5.41) is 0. The Hall–Kier alpha value is -0.120. The van der Waals surface area contributed by atoms with Crippen LogP contribution in [0.5, 0.6) is 0 Å². The lowest BCUT2D eigenvalue weighted by atomic mass is 9.70. The van der Waals surface area contributed by atoms with Crippen LogP contribution in [0.3, 0.4) is 0 Å². The van der Waals surface area contributed by atoms with Gasteiger partial charge in [-0.1, -0.05) is 13.8 Å². The predicted octanol–water partition coefficient (Wildman–Crippen LogP) is 2.17. The maximum atomic E-state index is 6.38. The molecule has 2 N–H and O–H groups in total. The summed E-state index contributed by atoms with van der Waals surface area (Å²) < 4.78 is 0. The number of nitrogens with zero attached hydrogens (tertiary/aromatic N) is 2. The third-order valence-corrected chi connectivity index (χ3v) is 5.75. The zero-order chi connectivity index (χ0) is 14.2. The molecule has 3 nitrogen and oxygen atoms in total. The van der Waals surface area contributed by atoms with Gasteiger partial charge in [0.05, 0.1) is 0 Å². The Morgan fingerprint density at radius 1 is 0.950 bits per heavy atom. The zero-order valence-corrected chi connectivity index (χ0v) is 13.5. The van der Waals surface area contributed by atoms with E-state index in [9.17, 15) is 0 Å². The molecule has 3 rings (SSSR count). The third kappa shape index (κ3) is 3.96. The Bertz CT molecular complexity index is 316. The third-order valence-electron chi connectivity index (χ3n) is 5.75. The van der Waals surface area contributed by atoms with Gasteiger partial charge in [0.2, 0.25) is 0 Å². The normalized spacial score (nSPS) is 36.1. The van der Waals surface area contributed by atoms with Crippen LogP contribution in [0.15, 0.2) is 0 Å². The maximum absolute atomic E-state index is 6.38. The monoisotopic (exact) mass is 279 g/mol. The molecule has 2 aliphatic carbocycles. The first-order chi connectivity index (χ1) is 9.52. The van der Waals surface area contributed by atoms with Gasteiger partial charge in [0.15, 0.2) is 0 Å². The lowest BCUT2D eigenvalue weighted by Gasteiger charge is -2.43. The van der Waals surface area contributed by atoms with Gasteiger partial charge < -0.3 is 15.5 Å². The molecule has 1 saturated heterocycles. The number of nitrogens with two attached hydrogens (primary N) is 1. The van der Waals surface area contributed by atoms with Gasteiger partial charge in [-0.3, -0.25) is 0 Å². The minimum atomic E-state index is 0.438. The number of hydrogen-bond donors (Lipinski definition) is 1. The molecule has 2 atom stereocenters. The fourth-order valence-electron chi connectivity index (χ4n) is 4.11. The molecule has 20 heavy (non-hydrogen) atoms. The largest absolute Gasteiger partial charge is 0.327 e. The first kappa shape index (κ1) is 14.8. The molecule has 0 aromatic rings. The van der Waals surface area contributed by atoms with E-state index in [4.69, 9.17) is 5.73 Å². The summed E-state index contributed by atoms with van der Waals surface area (Å²) in [6.45, 7) is 12.5. The average molecular weight is 279 g/mol. The van der Waals surface area contributed by atoms with Crippen molar-refractivity contribution in [3.05, 3.63) is 0 Å². The van der Waals surface area contributed by atoms with E-state index in [0.29, 0.717) is 17.4 Å². The van der Waals surface area contributed by atoms with Gasteiger partial charge in [0.25, 0.3) is 0 Å². The van der Waals surface area contributed by atoms with Crippen molar-refractivity contribution in [1.29, 1.82) is 0 Å².